The van der Waals surface area contributed by atoms with Crippen molar-refractivity contribution in [3.05, 3.63) is 68.8 Å². The fourth-order valence-electron chi connectivity index (χ4n) is 3.75. The molecule has 140 valence electrons. The molecule has 1 unspecified atom stereocenters. The van der Waals surface area contributed by atoms with Gasteiger partial charge in [-0.05, 0) is 31.0 Å². The maximum absolute atomic E-state index is 13.1. The number of carbonyl (C=O) groups is 1. The van der Waals surface area contributed by atoms with E-state index in [0.29, 0.717) is 12.1 Å². The van der Waals surface area contributed by atoms with Crippen LogP contribution in [-0.2, 0) is 0 Å². The fourth-order valence-corrected chi connectivity index (χ4v) is 3.75. The van der Waals surface area contributed by atoms with Gasteiger partial charge in [0.05, 0.1) is 28.0 Å². The maximum atomic E-state index is 13.1. The number of likely N-dealkylation sites (tertiary alicyclic amines) is 1. The summed E-state index contributed by atoms with van der Waals surface area (Å²) in [6.45, 7) is 0.598. The number of benzene rings is 1. The fraction of sp³-hybridized carbons (Fsp3) is 0.211. The number of aromatic nitrogens is 5. The summed E-state index contributed by atoms with van der Waals surface area (Å²) >= 11 is 0. The number of carbonyl (C=O) groups excluding carboxylic acids is 1. The molecule has 1 aliphatic rings. The highest BCUT2D eigenvalue weighted by molar-refractivity contribution is 5.97. The Labute approximate surface area is 157 Å². The van der Waals surface area contributed by atoms with E-state index in [9.17, 15) is 14.4 Å². The lowest BCUT2D eigenvalue weighted by molar-refractivity contribution is 0.0730. The van der Waals surface area contributed by atoms with Crippen molar-refractivity contribution in [3.63, 3.8) is 0 Å². The highest BCUT2D eigenvalue weighted by Gasteiger charge is 2.33. The number of rotatable bonds is 2. The van der Waals surface area contributed by atoms with Gasteiger partial charge in [0.25, 0.3) is 11.5 Å². The number of pyridine rings is 1. The van der Waals surface area contributed by atoms with E-state index in [0.717, 1.165) is 29.7 Å². The van der Waals surface area contributed by atoms with Gasteiger partial charge in [0.2, 0.25) is 0 Å². The van der Waals surface area contributed by atoms with Gasteiger partial charge in [0.15, 0.2) is 0 Å². The molecule has 1 fully saturated rings. The van der Waals surface area contributed by atoms with Crippen molar-refractivity contribution in [2.75, 3.05) is 6.54 Å². The molecular formula is C19H16N6O3. The summed E-state index contributed by atoms with van der Waals surface area (Å²) in [4.78, 5) is 54.9. The van der Waals surface area contributed by atoms with Crippen LogP contribution in [0.1, 0.15) is 35.1 Å². The van der Waals surface area contributed by atoms with Crippen molar-refractivity contribution in [3.8, 4) is 0 Å². The average Bonchev–Trinajstić information content (AvgIpc) is 3.33. The normalized spacial score (nSPS) is 16.9. The number of aromatic amines is 3. The zero-order chi connectivity index (χ0) is 19.3. The topological polar surface area (TPSA) is 128 Å². The molecular weight excluding hydrogens is 360 g/mol. The minimum atomic E-state index is -0.631. The minimum Gasteiger partial charge on any atom is -0.340 e. The Kier molecular flexibility index (Phi) is 3.61. The van der Waals surface area contributed by atoms with Crippen molar-refractivity contribution in [1.29, 1.82) is 0 Å². The first-order chi connectivity index (χ1) is 13.6. The van der Waals surface area contributed by atoms with Crippen LogP contribution in [0, 0.1) is 0 Å². The van der Waals surface area contributed by atoms with Gasteiger partial charge in [-0.15, -0.1) is 0 Å². The number of amides is 1. The molecule has 0 saturated carbocycles. The molecule has 1 aliphatic heterocycles. The van der Waals surface area contributed by atoms with E-state index in [-0.39, 0.29) is 23.0 Å². The Hall–Kier alpha value is -3.75. The van der Waals surface area contributed by atoms with Crippen molar-refractivity contribution < 1.29 is 4.79 Å². The summed E-state index contributed by atoms with van der Waals surface area (Å²) in [5, 5.41) is 0.171. The van der Waals surface area contributed by atoms with Crippen LogP contribution in [0.5, 0.6) is 0 Å². The van der Waals surface area contributed by atoms with Gasteiger partial charge in [-0.3, -0.25) is 19.6 Å². The lowest BCUT2D eigenvalue weighted by Crippen LogP contribution is -2.31. The summed E-state index contributed by atoms with van der Waals surface area (Å²) in [6.07, 6.45) is 3.05. The second-order valence-electron chi connectivity index (χ2n) is 6.82. The van der Waals surface area contributed by atoms with Crippen LogP contribution in [-0.4, -0.2) is 42.3 Å². The molecule has 9 heteroatoms. The SMILES string of the molecule is O=C(c1cnc2[nH]c(=O)[nH]c(=O)c2c1)N1CCCC1c1nc2ccccc2[nH]1. The molecule has 1 aromatic carbocycles. The molecule has 0 spiro atoms. The molecule has 4 heterocycles. The number of nitrogens with zero attached hydrogens (tertiary/aromatic N) is 3. The monoisotopic (exact) mass is 376 g/mol. The Morgan fingerprint density at radius 2 is 2.00 bits per heavy atom. The zero-order valence-corrected chi connectivity index (χ0v) is 14.7. The number of nitrogens with one attached hydrogen (secondary N) is 3. The van der Waals surface area contributed by atoms with Crippen LogP contribution < -0.4 is 11.2 Å². The molecule has 3 aromatic heterocycles. The molecule has 9 nitrogen and oxygen atoms in total. The first kappa shape index (κ1) is 16.4. The standard InChI is InChI=1S/C19H16N6O3/c26-17-11-8-10(9-20-15(11)23-19(28)24-17)18(27)25-7-3-6-14(25)16-21-12-4-1-2-5-13(12)22-16/h1-2,4-5,8-9,14H,3,6-7H2,(H,21,22)(H2,20,23,24,26,28). The van der Waals surface area contributed by atoms with Crippen LogP contribution in [0.15, 0.2) is 46.1 Å². The Morgan fingerprint density at radius 3 is 2.86 bits per heavy atom. The van der Waals surface area contributed by atoms with Gasteiger partial charge in [0, 0.05) is 12.7 Å². The van der Waals surface area contributed by atoms with Crippen LogP contribution in [0.3, 0.4) is 0 Å². The van der Waals surface area contributed by atoms with E-state index in [1.165, 1.54) is 12.3 Å². The number of H-pyrrole nitrogens is 3. The number of hydrogen-bond acceptors (Lipinski definition) is 5. The third-order valence-electron chi connectivity index (χ3n) is 5.08. The molecule has 1 saturated heterocycles. The number of hydrogen-bond donors (Lipinski definition) is 3. The quantitative estimate of drug-likeness (QED) is 0.488. The van der Waals surface area contributed by atoms with Gasteiger partial charge < -0.3 is 9.88 Å². The number of fused-ring (bicyclic) bond motifs is 2. The largest absolute Gasteiger partial charge is 0.340 e. The summed E-state index contributed by atoms with van der Waals surface area (Å²) < 4.78 is 0. The molecule has 1 atom stereocenters. The molecule has 3 N–H and O–H groups in total. The lowest BCUT2D eigenvalue weighted by Gasteiger charge is -2.23. The molecule has 5 rings (SSSR count). The Morgan fingerprint density at radius 1 is 1.14 bits per heavy atom. The van der Waals surface area contributed by atoms with E-state index in [2.05, 4.69) is 24.9 Å². The third kappa shape index (κ3) is 2.59. The predicted octanol–water partition coefficient (Wildman–Crippen LogP) is 1.46. The van der Waals surface area contributed by atoms with Crippen LogP contribution in [0.25, 0.3) is 22.1 Å². The van der Waals surface area contributed by atoms with Crippen molar-refractivity contribution in [2.24, 2.45) is 0 Å². The predicted molar refractivity (Wildman–Crippen MR) is 102 cm³/mol. The minimum absolute atomic E-state index is 0.153. The van der Waals surface area contributed by atoms with Gasteiger partial charge in [0.1, 0.15) is 11.5 Å². The van der Waals surface area contributed by atoms with Crippen LogP contribution in [0.2, 0.25) is 0 Å². The smallest absolute Gasteiger partial charge is 0.327 e. The van der Waals surface area contributed by atoms with Crippen LogP contribution >= 0.6 is 0 Å². The molecule has 0 bridgehead atoms. The highest BCUT2D eigenvalue weighted by atomic mass is 16.2. The third-order valence-corrected chi connectivity index (χ3v) is 5.08. The Balaban J connectivity index is 1.52. The summed E-state index contributed by atoms with van der Waals surface area (Å²) in [5.41, 5.74) is 1.04. The zero-order valence-electron chi connectivity index (χ0n) is 14.7. The van der Waals surface area contributed by atoms with E-state index in [4.69, 9.17) is 0 Å². The number of imidazole rings is 1. The summed E-state index contributed by atoms with van der Waals surface area (Å²) in [7, 11) is 0. The Bertz CT molecular complexity index is 1300. The van der Waals surface area contributed by atoms with Gasteiger partial charge >= 0.3 is 5.69 Å². The first-order valence-corrected chi connectivity index (χ1v) is 8.98. The first-order valence-electron chi connectivity index (χ1n) is 8.98. The second kappa shape index (κ2) is 6.15. The maximum Gasteiger partial charge on any atom is 0.327 e. The van der Waals surface area contributed by atoms with Gasteiger partial charge in [-0.2, -0.15) is 0 Å². The summed E-state index contributed by atoms with van der Waals surface area (Å²) in [6, 6.07) is 9.04. The molecule has 0 radical (unpaired) electrons. The molecule has 28 heavy (non-hydrogen) atoms. The van der Waals surface area contributed by atoms with E-state index < -0.39 is 11.2 Å². The van der Waals surface area contributed by atoms with Gasteiger partial charge in [-0.1, -0.05) is 12.1 Å². The highest BCUT2D eigenvalue weighted by Crippen LogP contribution is 2.32. The van der Waals surface area contributed by atoms with E-state index >= 15 is 0 Å². The van der Waals surface area contributed by atoms with Crippen molar-refractivity contribution >= 4 is 28.0 Å². The lowest BCUT2D eigenvalue weighted by atomic mass is 10.1. The second-order valence-corrected chi connectivity index (χ2v) is 6.82. The average molecular weight is 376 g/mol. The number of para-hydroxylation sites is 2. The van der Waals surface area contributed by atoms with Crippen molar-refractivity contribution in [2.45, 2.75) is 18.9 Å². The molecule has 0 aliphatic carbocycles. The van der Waals surface area contributed by atoms with E-state index in [1.807, 2.05) is 24.3 Å². The van der Waals surface area contributed by atoms with Crippen LogP contribution in [0.4, 0.5) is 0 Å². The van der Waals surface area contributed by atoms with Gasteiger partial charge in [-0.25, -0.2) is 14.8 Å². The summed E-state index contributed by atoms with van der Waals surface area (Å²) in [5.74, 6) is 0.533. The molecule has 1 amide bonds. The van der Waals surface area contributed by atoms with E-state index in [1.54, 1.807) is 4.90 Å². The van der Waals surface area contributed by atoms with Crippen molar-refractivity contribution in [1.82, 2.24) is 29.8 Å². The molecule has 4 aromatic rings.